The molecule has 2 unspecified atom stereocenters. The van der Waals surface area contributed by atoms with Crippen LogP contribution in [0.2, 0.25) is 0 Å². The second-order valence-electron chi connectivity index (χ2n) is 9.79. The first-order valence-corrected chi connectivity index (χ1v) is 11.3. The molecule has 1 aliphatic heterocycles. The summed E-state index contributed by atoms with van der Waals surface area (Å²) < 4.78 is 5.39. The van der Waals surface area contributed by atoms with E-state index in [1.165, 1.54) is 32.1 Å². The maximum Gasteiger partial charge on any atom is 0.292 e. The Hall–Kier alpha value is -1.37. The van der Waals surface area contributed by atoms with Crippen LogP contribution in [0.25, 0.3) is 0 Å². The van der Waals surface area contributed by atoms with Crippen LogP contribution < -0.4 is 0 Å². The maximum atomic E-state index is 13.1. The maximum absolute atomic E-state index is 13.1. The van der Waals surface area contributed by atoms with Crippen molar-refractivity contribution in [1.29, 1.82) is 0 Å². The predicted octanol–water partition coefficient (Wildman–Crippen LogP) is 3.39. The summed E-state index contributed by atoms with van der Waals surface area (Å²) in [7, 11) is 0. The van der Waals surface area contributed by atoms with Crippen LogP contribution in [-0.2, 0) is 4.79 Å². The topological polar surface area (TPSA) is 66.7 Å². The minimum Gasteiger partial charge on any atom is -0.351 e. The lowest BCUT2D eigenvalue weighted by Gasteiger charge is -2.60. The molecule has 2 heterocycles. The second kappa shape index (κ2) is 6.57. The van der Waals surface area contributed by atoms with Gasteiger partial charge in [0, 0.05) is 43.0 Å². The Morgan fingerprint density at radius 1 is 1.14 bits per heavy atom. The molecule has 7 heteroatoms. The molecule has 5 fully saturated rings. The number of aromatic nitrogens is 1. The zero-order chi connectivity index (χ0) is 19.5. The van der Waals surface area contributed by atoms with Crippen LogP contribution in [0.4, 0.5) is 0 Å². The van der Waals surface area contributed by atoms with Crippen molar-refractivity contribution in [1.82, 2.24) is 15.0 Å². The van der Waals surface area contributed by atoms with Gasteiger partial charge in [-0.2, -0.15) is 0 Å². The third-order valence-corrected chi connectivity index (χ3v) is 8.32. The van der Waals surface area contributed by atoms with Gasteiger partial charge in [-0.3, -0.25) is 9.59 Å². The van der Waals surface area contributed by atoms with E-state index in [4.69, 9.17) is 4.52 Å². The summed E-state index contributed by atoms with van der Waals surface area (Å²) in [6.07, 6.45) is 8.25. The number of alkyl halides is 1. The molecule has 1 aromatic rings. The number of hydrogen-bond donors (Lipinski definition) is 0. The number of piperazine rings is 1. The molecule has 1 aromatic heterocycles. The number of amides is 2. The summed E-state index contributed by atoms with van der Waals surface area (Å²) in [5.41, 5.74) is 0.909. The van der Waals surface area contributed by atoms with E-state index in [0.717, 1.165) is 18.3 Å². The molecule has 0 N–H and O–H groups in total. The summed E-state index contributed by atoms with van der Waals surface area (Å²) >= 11 is 4.04. The smallest absolute Gasteiger partial charge is 0.292 e. The largest absolute Gasteiger partial charge is 0.351 e. The third-order valence-electron chi connectivity index (χ3n) is 7.40. The zero-order valence-electron chi connectivity index (χ0n) is 16.5. The molecule has 6 nitrogen and oxygen atoms in total. The van der Waals surface area contributed by atoms with E-state index in [2.05, 4.69) is 21.1 Å². The van der Waals surface area contributed by atoms with Gasteiger partial charge >= 0.3 is 0 Å². The van der Waals surface area contributed by atoms with Crippen molar-refractivity contribution >= 4 is 27.7 Å². The van der Waals surface area contributed by atoms with Crippen LogP contribution in [0.15, 0.2) is 10.6 Å². The number of rotatable bonds is 3. The minimum atomic E-state index is -0.130. The normalized spacial score (nSPS) is 36.8. The van der Waals surface area contributed by atoms with Gasteiger partial charge in [0.1, 0.15) is 0 Å². The molecule has 1 saturated heterocycles. The van der Waals surface area contributed by atoms with Gasteiger partial charge in [-0.05, 0) is 62.7 Å². The van der Waals surface area contributed by atoms with Crippen molar-refractivity contribution in [2.24, 2.45) is 17.3 Å². The van der Waals surface area contributed by atoms with E-state index >= 15 is 0 Å². The first kappa shape index (κ1) is 18.6. The number of hydrogen-bond acceptors (Lipinski definition) is 4. The van der Waals surface area contributed by atoms with Gasteiger partial charge in [-0.25, -0.2) is 0 Å². The predicted molar refractivity (Wildman–Crippen MR) is 107 cm³/mol. The Labute approximate surface area is 174 Å². The molecule has 152 valence electrons. The molecule has 0 spiro atoms. The molecule has 0 radical (unpaired) electrons. The van der Waals surface area contributed by atoms with Crippen LogP contribution in [0, 0.1) is 24.2 Å². The molecule has 4 bridgehead atoms. The van der Waals surface area contributed by atoms with Crippen LogP contribution in [0.1, 0.15) is 61.2 Å². The second-order valence-corrected chi connectivity index (χ2v) is 11.5. The van der Waals surface area contributed by atoms with Gasteiger partial charge in [-0.1, -0.05) is 21.1 Å². The van der Waals surface area contributed by atoms with Crippen molar-refractivity contribution in [3.05, 3.63) is 17.5 Å². The van der Waals surface area contributed by atoms with E-state index in [0.29, 0.717) is 38.3 Å². The highest BCUT2D eigenvalue weighted by atomic mass is 79.9. The van der Waals surface area contributed by atoms with Crippen LogP contribution in [-0.4, -0.2) is 57.3 Å². The number of aryl methyl sites for hydroxylation is 1. The number of halogens is 1. The van der Waals surface area contributed by atoms with E-state index in [1.807, 2.05) is 4.90 Å². The highest BCUT2D eigenvalue weighted by Gasteiger charge is 2.57. The van der Waals surface area contributed by atoms with E-state index < -0.39 is 0 Å². The van der Waals surface area contributed by atoms with Crippen molar-refractivity contribution in [2.75, 3.05) is 26.2 Å². The molecule has 2 amide bonds. The van der Waals surface area contributed by atoms with Crippen LogP contribution >= 0.6 is 15.9 Å². The lowest BCUT2D eigenvalue weighted by Crippen LogP contribution is -2.55. The molecule has 6 rings (SSSR count). The average molecular weight is 450 g/mol. The number of nitrogens with zero attached hydrogens (tertiary/aromatic N) is 3. The first-order valence-electron chi connectivity index (χ1n) is 10.5. The summed E-state index contributed by atoms with van der Waals surface area (Å²) in [5, 5.41) is 3.79. The van der Waals surface area contributed by atoms with E-state index in [9.17, 15) is 9.59 Å². The van der Waals surface area contributed by atoms with Crippen molar-refractivity contribution in [2.45, 2.75) is 56.2 Å². The molecular formula is C21H28BrN3O3. The summed E-state index contributed by atoms with van der Waals surface area (Å²) in [6.45, 7) is 4.15. The Kier molecular flexibility index (Phi) is 4.38. The monoisotopic (exact) mass is 449 g/mol. The fraction of sp³-hybridized carbons (Fsp3) is 0.762. The molecule has 4 aliphatic carbocycles. The SMILES string of the molecule is Cc1cc(C(=O)N2CCN(C(=O)CC34CC5CC(CC(Br)(C5)C3)C4)CC2)on1. The highest BCUT2D eigenvalue weighted by Crippen LogP contribution is 2.65. The van der Waals surface area contributed by atoms with Gasteiger partial charge in [0.15, 0.2) is 0 Å². The fourth-order valence-corrected chi connectivity index (χ4v) is 8.26. The Balaban J connectivity index is 1.19. The van der Waals surface area contributed by atoms with Crippen LogP contribution in [0.3, 0.4) is 0 Å². The quantitative estimate of drug-likeness (QED) is 0.663. The summed E-state index contributed by atoms with van der Waals surface area (Å²) in [5.74, 6) is 2.03. The lowest BCUT2D eigenvalue weighted by molar-refractivity contribution is -0.139. The van der Waals surface area contributed by atoms with E-state index in [-0.39, 0.29) is 27.3 Å². The first-order chi connectivity index (χ1) is 13.3. The molecule has 4 saturated carbocycles. The number of carbonyl (C=O) groups excluding carboxylic acids is 2. The van der Waals surface area contributed by atoms with Gasteiger partial charge in [0.05, 0.1) is 5.69 Å². The lowest BCUT2D eigenvalue weighted by atomic mass is 9.48. The highest BCUT2D eigenvalue weighted by molar-refractivity contribution is 9.10. The average Bonchev–Trinajstić information content (AvgIpc) is 3.05. The van der Waals surface area contributed by atoms with Gasteiger partial charge in [0.2, 0.25) is 11.7 Å². The molecule has 5 aliphatic rings. The standard InChI is InChI=1S/C21H28BrN3O3/c1-14-6-17(28-23-14)19(27)25-4-2-24(3-5-25)18(26)12-20-8-15-7-16(9-20)11-21(22,10-15)13-20/h6,15-16H,2-5,7-13H2,1H3. The third kappa shape index (κ3) is 3.29. The molecule has 0 aromatic carbocycles. The molecule has 28 heavy (non-hydrogen) atoms. The Morgan fingerprint density at radius 2 is 1.79 bits per heavy atom. The van der Waals surface area contributed by atoms with Crippen molar-refractivity contribution < 1.29 is 14.1 Å². The van der Waals surface area contributed by atoms with Gasteiger partial charge < -0.3 is 14.3 Å². The van der Waals surface area contributed by atoms with Crippen molar-refractivity contribution in [3.63, 3.8) is 0 Å². The van der Waals surface area contributed by atoms with Crippen LogP contribution in [0.5, 0.6) is 0 Å². The fourth-order valence-electron chi connectivity index (χ4n) is 6.75. The van der Waals surface area contributed by atoms with Crippen molar-refractivity contribution in [3.8, 4) is 0 Å². The Bertz CT molecular complexity index is 785. The van der Waals surface area contributed by atoms with Gasteiger partial charge in [-0.15, -0.1) is 0 Å². The minimum absolute atomic E-state index is 0.130. The van der Waals surface area contributed by atoms with E-state index in [1.54, 1.807) is 17.9 Å². The van der Waals surface area contributed by atoms with Gasteiger partial charge in [0.25, 0.3) is 5.91 Å². The summed E-state index contributed by atoms with van der Waals surface area (Å²) in [4.78, 5) is 29.4. The molecular weight excluding hydrogens is 422 g/mol. The number of carbonyl (C=O) groups is 2. The Morgan fingerprint density at radius 3 is 2.36 bits per heavy atom. The zero-order valence-corrected chi connectivity index (χ0v) is 18.0. The summed E-state index contributed by atoms with van der Waals surface area (Å²) in [6, 6.07) is 1.67. The molecule has 2 atom stereocenters.